The molecule has 2 aliphatic carbocycles. The zero-order chi connectivity index (χ0) is 20.8. The molecule has 5 atom stereocenters. The standard InChI is InChI=1S/C24H24N2O4/c1-2-13-5-3-4-6-18(13)26-22(27)14-7-9-16(10-8-14)25-23(28)20-15-11-17-19(12-15)30-24(29)21(17)20/h3-10,15,17,19-21H,2,11-12H2,1H3,(H,25,28)(H,26,27)/t15-,17-,19-,20+,21+/m1/s1. The van der Waals surface area contributed by atoms with Crippen LogP contribution >= 0.6 is 0 Å². The van der Waals surface area contributed by atoms with E-state index in [4.69, 9.17) is 4.74 Å². The Bertz CT molecular complexity index is 1010. The molecule has 2 amide bonds. The summed E-state index contributed by atoms with van der Waals surface area (Å²) < 4.78 is 5.41. The smallest absolute Gasteiger partial charge is 0.310 e. The number of rotatable bonds is 5. The van der Waals surface area contributed by atoms with Gasteiger partial charge in [0.2, 0.25) is 5.91 Å². The highest BCUT2D eigenvalue weighted by molar-refractivity contribution is 6.05. The van der Waals surface area contributed by atoms with Crippen molar-refractivity contribution in [3.05, 3.63) is 59.7 Å². The highest BCUT2D eigenvalue weighted by Crippen LogP contribution is 2.57. The van der Waals surface area contributed by atoms with Crippen LogP contribution in [0.4, 0.5) is 11.4 Å². The van der Waals surface area contributed by atoms with E-state index >= 15 is 0 Å². The van der Waals surface area contributed by atoms with Gasteiger partial charge < -0.3 is 15.4 Å². The van der Waals surface area contributed by atoms with E-state index in [0.717, 1.165) is 30.5 Å². The van der Waals surface area contributed by atoms with Crippen LogP contribution in [0.25, 0.3) is 0 Å². The number of anilines is 2. The Morgan fingerprint density at radius 2 is 1.80 bits per heavy atom. The zero-order valence-corrected chi connectivity index (χ0v) is 16.8. The average molecular weight is 404 g/mol. The predicted octanol–water partition coefficient (Wildman–Crippen LogP) is 3.64. The number of ether oxygens (including phenoxy) is 1. The van der Waals surface area contributed by atoms with Crippen molar-refractivity contribution in [1.29, 1.82) is 0 Å². The van der Waals surface area contributed by atoms with Crippen molar-refractivity contribution in [1.82, 2.24) is 0 Å². The van der Waals surface area contributed by atoms with Crippen molar-refractivity contribution < 1.29 is 19.1 Å². The number of hydrogen-bond donors (Lipinski definition) is 2. The van der Waals surface area contributed by atoms with Crippen LogP contribution in [0.2, 0.25) is 0 Å². The minimum atomic E-state index is -0.310. The number of esters is 1. The molecule has 6 nitrogen and oxygen atoms in total. The molecule has 6 heteroatoms. The van der Waals surface area contributed by atoms with Gasteiger partial charge in [0.25, 0.3) is 5.91 Å². The zero-order valence-electron chi connectivity index (χ0n) is 16.8. The molecule has 2 bridgehead atoms. The average Bonchev–Trinajstić information content (AvgIpc) is 3.37. The van der Waals surface area contributed by atoms with Crippen molar-refractivity contribution in [2.75, 3.05) is 10.6 Å². The normalized spacial score (nSPS) is 28.3. The molecule has 154 valence electrons. The maximum atomic E-state index is 12.9. The molecular formula is C24H24N2O4. The fraction of sp³-hybridized carbons (Fsp3) is 0.375. The fourth-order valence-corrected chi connectivity index (χ4v) is 5.44. The van der Waals surface area contributed by atoms with Gasteiger partial charge >= 0.3 is 5.97 Å². The van der Waals surface area contributed by atoms with Crippen molar-refractivity contribution in [2.45, 2.75) is 32.3 Å². The molecule has 2 aromatic carbocycles. The number of para-hydroxylation sites is 1. The maximum Gasteiger partial charge on any atom is 0.310 e. The molecular weight excluding hydrogens is 380 g/mol. The first kappa shape index (κ1) is 18.9. The summed E-state index contributed by atoms with van der Waals surface area (Å²) in [5.74, 6) is -0.715. The van der Waals surface area contributed by atoms with Crippen LogP contribution in [0.1, 0.15) is 35.7 Å². The second kappa shape index (κ2) is 7.27. The monoisotopic (exact) mass is 404 g/mol. The maximum absolute atomic E-state index is 12.9. The van der Waals surface area contributed by atoms with Gasteiger partial charge in [0.1, 0.15) is 6.10 Å². The van der Waals surface area contributed by atoms with Gasteiger partial charge in [-0.3, -0.25) is 14.4 Å². The molecule has 0 spiro atoms. The molecule has 1 aliphatic heterocycles. The first-order chi connectivity index (χ1) is 14.5. The molecule has 3 fully saturated rings. The Hall–Kier alpha value is -3.15. The van der Waals surface area contributed by atoms with Gasteiger partial charge in [-0.2, -0.15) is 0 Å². The van der Waals surface area contributed by atoms with E-state index in [1.165, 1.54) is 0 Å². The summed E-state index contributed by atoms with van der Waals surface area (Å²) in [6, 6.07) is 14.6. The highest BCUT2D eigenvalue weighted by Gasteiger charge is 2.63. The van der Waals surface area contributed by atoms with E-state index in [-0.39, 0.29) is 47.6 Å². The van der Waals surface area contributed by atoms with E-state index in [1.807, 2.05) is 31.2 Å². The van der Waals surface area contributed by atoms with Crippen molar-refractivity contribution in [3.63, 3.8) is 0 Å². The van der Waals surface area contributed by atoms with Crippen LogP contribution in [-0.4, -0.2) is 23.9 Å². The highest BCUT2D eigenvalue weighted by atomic mass is 16.6. The Labute approximate surface area is 175 Å². The van der Waals surface area contributed by atoms with Gasteiger partial charge in [-0.15, -0.1) is 0 Å². The van der Waals surface area contributed by atoms with Gasteiger partial charge in [0.05, 0.1) is 11.8 Å². The summed E-state index contributed by atoms with van der Waals surface area (Å²) in [5.41, 5.74) is 3.02. The van der Waals surface area contributed by atoms with Crippen LogP contribution < -0.4 is 10.6 Å². The second-order valence-corrected chi connectivity index (χ2v) is 8.45. The third-order valence-corrected chi connectivity index (χ3v) is 6.85. The first-order valence-electron chi connectivity index (χ1n) is 10.6. The second-order valence-electron chi connectivity index (χ2n) is 8.45. The molecule has 2 N–H and O–H groups in total. The van der Waals surface area contributed by atoms with Crippen LogP contribution in [0.3, 0.4) is 0 Å². The number of carbonyl (C=O) groups excluding carboxylic acids is 3. The van der Waals surface area contributed by atoms with Crippen molar-refractivity contribution in [3.8, 4) is 0 Å². The van der Waals surface area contributed by atoms with Crippen molar-refractivity contribution in [2.24, 2.45) is 23.7 Å². The number of fused-ring (bicyclic) bond motifs is 1. The third kappa shape index (κ3) is 3.07. The van der Waals surface area contributed by atoms with E-state index in [9.17, 15) is 14.4 Å². The Kier molecular flexibility index (Phi) is 4.57. The first-order valence-corrected chi connectivity index (χ1v) is 10.6. The molecule has 5 rings (SSSR count). The van der Waals surface area contributed by atoms with Crippen LogP contribution in [0, 0.1) is 23.7 Å². The number of aryl methyl sites for hydroxylation is 1. The molecule has 3 aliphatic rings. The quantitative estimate of drug-likeness (QED) is 0.745. The molecule has 0 unspecified atom stereocenters. The van der Waals surface area contributed by atoms with E-state index in [2.05, 4.69) is 10.6 Å². The van der Waals surface area contributed by atoms with Gasteiger partial charge in [-0.05, 0) is 61.1 Å². The van der Waals surface area contributed by atoms with E-state index in [1.54, 1.807) is 24.3 Å². The third-order valence-electron chi connectivity index (χ3n) is 6.85. The van der Waals surface area contributed by atoms with Gasteiger partial charge in [-0.25, -0.2) is 0 Å². The summed E-state index contributed by atoms with van der Waals surface area (Å²) in [7, 11) is 0. The molecule has 1 saturated heterocycles. The molecule has 30 heavy (non-hydrogen) atoms. The number of amides is 2. The summed E-state index contributed by atoms with van der Waals surface area (Å²) in [5, 5.41) is 5.87. The van der Waals surface area contributed by atoms with Gasteiger partial charge in [0.15, 0.2) is 0 Å². The number of carbonyl (C=O) groups is 3. The number of nitrogens with one attached hydrogen (secondary N) is 2. The number of hydrogen-bond acceptors (Lipinski definition) is 4. The minimum absolute atomic E-state index is 0.0205. The van der Waals surface area contributed by atoms with Crippen LogP contribution in [0.5, 0.6) is 0 Å². The van der Waals surface area contributed by atoms with Crippen LogP contribution in [0.15, 0.2) is 48.5 Å². The Morgan fingerprint density at radius 3 is 2.57 bits per heavy atom. The minimum Gasteiger partial charge on any atom is -0.462 e. The van der Waals surface area contributed by atoms with Gasteiger partial charge in [0, 0.05) is 22.9 Å². The molecule has 0 aromatic heterocycles. The molecule has 0 radical (unpaired) electrons. The fourth-order valence-electron chi connectivity index (χ4n) is 5.44. The van der Waals surface area contributed by atoms with Crippen LogP contribution in [-0.2, 0) is 20.7 Å². The summed E-state index contributed by atoms with van der Waals surface area (Å²) in [4.78, 5) is 37.6. The van der Waals surface area contributed by atoms with E-state index < -0.39 is 0 Å². The summed E-state index contributed by atoms with van der Waals surface area (Å²) in [6.45, 7) is 2.05. The van der Waals surface area contributed by atoms with Crippen molar-refractivity contribution >= 4 is 29.2 Å². The topological polar surface area (TPSA) is 84.5 Å². The lowest BCUT2D eigenvalue weighted by Gasteiger charge is -2.23. The molecule has 2 aromatic rings. The number of benzene rings is 2. The Morgan fingerprint density at radius 1 is 1.03 bits per heavy atom. The lowest BCUT2D eigenvalue weighted by atomic mass is 9.79. The lowest BCUT2D eigenvalue weighted by Crippen LogP contribution is -2.35. The van der Waals surface area contributed by atoms with Gasteiger partial charge in [-0.1, -0.05) is 25.1 Å². The summed E-state index contributed by atoms with van der Waals surface area (Å²) in [6.07, 6.45) is 2.55. The molecule has 2 saturated carbocycles. The summed E-state index contributed by atoms with van der Waals surface area (Å²) >= 11 is 0. The molecule has 1 heterocycles. The lowest BCUT2D eigenvalue weighted by molar-refractivity contribution is -0.145. The predicted molar refractivity (Wildman–Crippen MR) is 112 cm³/mol. The SMILES string of the molecule is CCc1ccccc1NC(=O)c1ccc(NC(=O)[C@H]2[C@@H]3C[C@H]4[C@@H]2C(=O)O[C@@H]4C3)cc1. The van der Waals surface area contributed by atoms with E-state index in [0.29, 0.717) is 11.3 Å². The largest absolute Gasteiger partial charge is 0.462 e. The Balaban J connectivity index is 1.25.